The summed E-state index contributed by atoms with van der Waals surface area (Å²) in [7, 11) is 1.96. The molecule has 0 bridgehead atoms. The quantitative estimate of drug-likeness (QED) is 0.706. The maximum Gasteiger partial charge on any atom is 0.0619 e. The molecule has 0 spiro atoms. The van der Waals surface area contributed by atoms with Gasteiger partial charge in [-0.2, -0.15) is 0 Å². The van der Waals surface area contributed by atoms with Gasteiger partial charge in [-0.25, -0.2) is 0 Å². The van der Waals surface area contributed by atoms with Crippen molar-refractivity contribution in [1.29, 1.82) is 0 Å². The van der Waals surface area contributed by atoms with E-state index in [4.69, 9.17) is 0 Å². The highest BCUT2D eigenvalue weighted by molar-refractivity contribution is 5.08. The molecule has 0 saturated carbocycles. The van der Waals surface area contributed by atoms with Crippen molar-refractivity contribution in [2.24, 2.45) is 0 Å². The monoisotopic (exact) mass is 179 g/mol. The van der Waals surface area contributed by atoms with Gasteiger partial charge in [-0.05, 0) is 25.7 Å². The first-order chi connectivity index (χ1) is 6.38. The van der Waals surface area contributed by atoms with Crippen molar-refractivity contribution in [2.75, 3.05) is 20.1 Å². The third-order valence-corrected chi connectivity index (χ3v) is 1.99. The molecule has 0 saturated heterocycles. The smallest absolute Gasteiger partial charge is 0.0619 e. The Balaban J connectivity index is 2.56. The van der Waals surface area contributed by atoms with Gasteiger partial charge in [-0.15, -0.1) is 0 Å². The molecule has 3 nitrogen and oxygen atoms in total. The van der Waals surface area contributed by atoms with Gasteiger partial charge < -0.3 is 10.6 Å². The van der Waals surface area contributed by atoms with Gasteiger partial charge in [0.2, 0.25) is 0 Å². The van der Waals surface area contributed by atoms with Crippen LogP contribution in [0.5, 0.6) is 0 Å². The van der Waals surface area contributed by atoms with Gasteiger partial charge in [0.25, 0.3) is 0 Å². The molecule has 0 aliphatic heterocycles. The van der Waals surface area contributed by atoms with Crippen molar-refractivity contribution < 1.29 is 0 Å². The standard InChI is InChI=1S/C10H17N3/c1-3-12-8-10(11-2)9-6-4-5-7-13-9/h4-7,10-12H,3,8H2,1-2H3. The number of nitrogens with one attached hydrogen (secondary N) is 2. The van der Waals surface area contributed by atoms with Gasteiger partial charge in [0.05, 0.1) is 11.7 Å². The molecule has 0 aliphatic carbocycles. The van der Waals surface area contributed by atoms with Gasteiger partial charge in [-0.3, -0.25) is 4.98 Å². The van der Waals surface area contributed by atoms with Crippen LogP contribution in [0.2, 0.25) is 0 Å². The summed E-state index contributed by atoms with van der Waals surface area (Å²) in [4.78, 5) is 4.30. The van der Waals surface area contributed by atoms with E-state index >= 15 is 0 Å². The molecule has 1 rings (SSSR count). The Bertz CT molecular complexity index is 223. The Kier molecular flexibility index (Phi) is 4.43. The lowest BCUT2D eigenvalue weighted by Crippen LogP contribution is -2.29. The fourth-order valence-electron chi connectivity index (χ4n) is 1.23. The maximum absolute atomic E-state index is 4.30. The molecule has 1 heterocycles. The number of aromatic nitrogens is 1. The normalized spacial score (nSPS) is 12.8. The molecule has 1 unspecified atom stereocenters. The number of hydrogen-bond donors (Lipinski definition) is 2. The van der Waals surface area contributed by atoms with Gasteiger partial charge >= 0.3 is 0 Å². The van der Waals surface area contributed by atoms with Crippen molar-refractivity contribution >= 4 is 0 Å². The Morgan fingerprint density at radius 1 is 1.46 bits per heavy atom. The number of nitrogens with zero attached hydrogens (tertiary/aromatic N) is 1. The second-order valence-electron chi connectivity index (χ2n) is 2.90. The van der Waals surface area contributed by atoms with Crippen LogP contribution in [0, 0.1) is 0 Å². The van der Waals surface area contributed by atoms with Gasteiger partial charge in [0.15, 0.2) is 0 Å². The van der Waals surface area contributed by atoms with Crippen molar-refractivity contribution in [3.63, 3.8) is 0 Å². The van der Waals surface area contributed by atoms with Crippen LogP contribution in [0.15, 0.2) is 24.4 Å². The second kappa shape index (κ2) is 5.67. The van der Waals surface area contributed by atoms with Crippen LogP contribution >= 0.6 is 0 Å². The number of hydrogen-bond acceptors (Lipinski definition) is 3. The topological polar surface area (TPSA) is 37.0 Å². The predicted molar refractivity (Wildman–Crippen MR) is 54.6 cm³/mol. The van der Waals surface area contributed by atoms with Crippen LogP contribution in [0.1, 0.15) is 18.7 Å². The van der Waals surface area contributed by atoms with E-state index in [9.17, 15) is 0 Å². The van der Waals surface area contributed by atoms with E-state index in [0.29, 0.717) is 6.04 Å². The van der Waals surface area contributed by atoms with E-state index in [1.54, 1.807) is 0 Å². The summed E-state index contributed by atoms with van der Waals surface area (Å²) in [6, 6.07) is 6.29. The molecule has 1 atom stereocenters. The highest BCUT2D eigenvalue weighted by Gasteiger charge is 2.07. The van der Waals surface area contributed by atoms with Gasteiger partial charge in [0, 0.05) is 12.7 Å². The number of likely N-dealkylation sites (N-methyl/N-ethyl adjacent to an activating group) is 2. The Hall–Kier alpha value is -0.930. The van der Waals surface area contributed by atoms with Crippen LogP contribution in [0.4, 0.5) is 0 Å². The molecule has 0 fully saturated rings. The fourth-order valence-corrected chi connectivity index (χ4v) is 1.23. The number of pyridine rings is 1. The molecule has 13 heavy (non-hydrogen) atoms. The van der Waals surface area contributed by atoms with Crippen LogP contribution in [0.3, 0.4) is 0 Å². The van der Waals surface area contributed by atoms with Crippen molar-refractivity contribution in [3.8, 4) is 0 Å². The zero-order valence-corrected chi connectivity index (χ0v) is 8.25. The van der Waals surface area contributed by atoms with Crippen molar-refractivity contribution in [3.05, 3.63) is 30.1 Å². The van der Waals surface area contributed by atoms with E-state index in [-0.39, 0.29) is 0 Å². The third kappa shape index (κ3) is 3.13. The summed E-state index contributed by atoms with van der Waals surface area (Å²) in [5.41, 5.74) is 1.09. The fraction of sp³-hybridized carbons (Fsp3) is 0.500. The average Bonchev–Trinajstić information content (AvgIpc) is 2.21. The van der Waals surface area contributed by atoms with Crippen LogP contribution in [0.25, 0.3) is 0 Å². The first-order valence-corrected chi connectivity index (χ1v) is 4.67. The minimum atomic E-state index is 0.307. The SMILES string of the molecule is CCNCC(NC)c1ccccn1. The van der Waals surface area contributed by atoms with E-state index in [2.05, 4.69) is 22.5 Å². The minimum absolute atomic E-state index is 0.307. The summed E-state index contributed by atoms with van der Waals surface area (Å²) in [5.74, 6) is 0. The number of rotatable bonds is 5. The summed E-state index contributed by atoms with van der Waals surface area (Å²) < 4.78 is 0. The van der Waals surface area contributed by atoms with Gasteiger partial charge in [0.1, 0.15) is 0 Å². The zero-order chi connectivity index (χ0) is 9.52. The molecular weight excluding hydrogens is 162 g/mol. The average molecular weight is 179 g/mol. The third-order valence-electron chi connectivity index (χ3n) is 1.99. The van der Waals surface area contributed by atoms with Crippen molar-refractivity contribution in [2.45, 2.75) is 13.0 Å². The largest absolute Gasteiger partial charge is 0.315 e. The minimum Gasteiger partial charge on any atom is -0.315 e. The van der Waals surface area contributed by atoms with E-state index < -0.39 is 0 Å². The molecule has 1 aromatic rings. The molecule has 0 aliphatic rings. The molecule has 0 aromatic carbocycles. The molecule has 3 heteroatoms. The lowest BCUT2D eigenvalue weighted by molar-refractivity contribution is 0.527. The van der Waals surface area contributed by atoms with E-state index in [1.807, 2.05) is 31.4 Å². The van der Waals surface area contributed by atoms with Crippen LogP contribution in [-0.4, -0.2) is 25.1 Å². The van der Waals surface area contributed by atoms with Crippen LogP contribution < -0.4 is 10.6 Å². The van der Waals surface area contributed by atoms with Crippen molar-refractivity contribution in [1.82, 2.24) is 15.6 Å². The summed E-state index contributed by atoms with van der Waals surface area (Å²) in [6.45, 7) is 4.01. The Morgan fingerprint density at radius 2 is 2.31 bits per heavy atom. The highest BCUT2D eigenvalue weighted by Crippen LogP contribution is 2.06. The van der Waals surface area contributed by atoms with E-state index in [1.165, 1.54) is 0 Å². The second-order valence-corrected chi connectivity index (χ2v) is 2.90. The van der Waals surface area contributed by atoms with E-state index in [0.717, 1.165) is 18.8 Å². The summed E-state index contributed by atoms with van der Waals surface area (Å²) >= 11 is 0. The Morgan fingerprint density at radius 3 is 2.85 bits per heavy atom. The predicted octanol–water partition coefficient (Wildman–Crippen LogP) is 0.952. The molecule has 1 aromatic heterocycles. The summed E-state index contributed by atoms with van der Waals surface area (Å²) in [6.07, 6.45) is 1.83. The first kappa shape index (κ1) is 10.2. The molecule has 2 N–H and O–H groups in total. The molecule has 72 valence electrons. The summed E-state index contributed by atoms with van der Waals surface area (Å²) in [5, 5.41) is 6.52. The van der Waals surface area contributed by atoms with Crippen LogP contribution in [-0.2, 0) is 0 Å². The molecule has 0 radical (unpaired) electrons. The lowest BCUT2D eigenvalue weighted by atomic mass is 10.2. The molecule has 0 amide bonds. The lowest BCUT2D eigenvalue weighted by Gasteiger charge is -2.15. The zero-order valence-electron chi connectivity index (χ0n) is 8.25. The Labute approximate surface area is 79.6 Å². The first-order valence-electron chi connectivity index (χ1n) is 4.67. The maximum atomic E-state index is 4.30. The van der Waals surface area contributed by atoms with Gasteiger partial charge in [-0.1, -0.05) is 13.0 Å². The molecular formula is C10H17N3. The highest BCUT2D eigenvalue weighted by atomic mass is 15.0.